The highest BCUT2D eigenvalue weighted by molar-refractivity contribution is 5.40. The smallest absolute Gasteiger partial charge is 0.269 e. The van der Waals surface area contributed by atoms with E-state index in [0.29, 0.717) is 0 Å². The molecule has 19 heavy (non-hydrogen) atoms. The van der Waals surface area contributed by atoms with Crippen molar-refractivity contribution < 1.29 is 9.66 Å². The Morgan fingerprint density at radius 1 is 1.11 bits per heavy atom. The second-order valence-corrected chi connectivity index (χ2v) is 4.82. The highest BCUT2D eigenvalue weighted by atomic mass is 16.6. The van der Waals surface area contributed by atoms with Gasteiger partial charge in [-0.25, -0.2) is 0 Å². The molecule has 3 rings (SSSR count). The van der Waals surface area contributed by atoms with Crippen LogP contribution in [0.1, 0.15) is 24.2 Å². The largest absolute Gasteiger partial charge is 0.356 e. The van der Waals surface area contributed by atoms with E-state index in [1.807, 2.05) is 37.3 Å². The van der Waals surface area contributed by atoms with Crippen LogP contribution in [-0.2, 0) is 10.3 Å². The number of ether oxygens (including phenoxy) is 1. The first-order valence-corrected chi connectivity index (χ1v) is 6.09. The summed E-state index contributed by atoms with van der Waals surface area (Å²) in [6.07, 6.45) is 0.0233. The van der Waals surface area contributed by atoms with Gasteiger partial charge in [0.05, 0.1) is 4.92 Å². The fraction of sp³-hybridized carbons (Fsp3) is 0.200. The minimum absolute atomic E-state index is 0.0233. The van der Waals surface area contributed by atoms with E-state index in [9.17, 15) is 10.1 Å². The van der Waals surface area contributed by atoms with E-state index in [-0.39, 0.29) is 17.4 Å². The van der Waals surface area contributed by atoms with E-state index in [2.05, 4.69) is 0 Å². The van der Waals surface area contributed by atoms with Crippen LogP contribution in [0.2, 0.25) is 0 Å². The van der Waals surface area contributed by atoms with Crippen molar-refractivity contribution in [3.05, 3.63) is 75.8 Å². The van der Waals surface area contributed by atoms with Gasteiger partial charge in [0, 0.05) is 12.1 Å². The van der Waals surface area contributed by atoms with E-state index in [4.69, 9.17) is 4.74 Å². The molecule has 1 heterocycles. The van der Waals surface area contributed by atoms with E-state index in [0.717, 1.165) is 11.1 Å². The number of epoxide rings is 1. The predicted molar refractivity (Wildman–Crippen MR) is 70.7 cm³/mol. The maximum atomic E-state index is 10.6. The minimum Gasteiger partial charge on any atom is -0.356 e. The molecule has 0 amide bonds. The number of hydrogen-bond acceptors (Lipinski definition) is 3. The van der Waals surface area contributed by atoms with Gasteiger partial charge >= 0.3 is 0 Å². The highest BCUT2D eigenvalue weighted by Gasteiger charge is 2.54. The predicted octanol–water partition coefficient (Wildman–Crippen LogP) is 3.58. The molecule has 2 unspecified atom stereocenters. The Hall–Kier alpha value is -2.20. The standard InChI is InChI=1S/C15H13NO3/c1-15(12-7-9-13(10-8-12)16(17)18)14(19-15)11-5-3-2-4-6-11/h2-10,14H,1H3. The highest BCUT2D eigenvalue weighted by Crippen LogP contribution is 2.56. The molecule has 0 aliphatic carbocycles. The van der Waals surface area contributed by atoms with Crippen molar-refractivity contribution in [1.29, 1.82) is 0 Å². The summed E-state index contributed by atoms with van der Waals surface area (Å²) in [6, 6.07) is 16.6. The quantitative estimate of drug-likeness (QED) is 0.478. The van der Waals surface area contributed by atoms with Crippen molar-refractivity contribution >= 4 is 5.69 Å². The molecule has 1 saturated heterocycles. The molecule has 4 heteroatoms. The van der Waals surface area contributed by atoms with Crippen molar-refractivity contribution in [1.82, 2.24) is 0 Å². The molecule has 2 aromatic rings. The summed E-state index contributed by atoms with van der Waals surface area (Å²) in [7, 11) is 0. The number of nitro benzene ring substituents is 1. The molecule has 1 fully saturated rings. The fourth-order valence-corrected chi connectivity index (χ4v) is 2.36. The Balaban J connectivity index is 1.86. The molecule has 1 aliphatic rings. The van der Waals surface area contributed by atoms with Crippen molar-refractivity contribution in [3.8, 4) is 0 Å². The van der Waals surface area contributed by atoms with Crippen molar-refractivity contribution in [2.24, 2.45) is 0 Å². The van der Waals surface area contributed by atoms with Gasteiger partial charge in [0.15, 0.2) is 0 Å². The van der Waals surface area contributed by atoms with Crippen LogP contribution < -0.4 is 0 Å². The van der Waals surface area contributed by atoms with Gasteiger partial charge in [-0.3, -0.25) is 10.1 Å². The van der Waals surface area contributed by atoms with Gasteiger partial charge in [-0.1, -0.05) is 30.3 Å². The topological polar surface area (TPSA) is 55.7 Å². The number of non-ortho nitro benzene ring substituents is 1. The molecule has 96 valence electrons. The summed E-state index contributed by atoms with van der Waals surface area (Å²) in [5, 5.41) is 10.6. The van der Waals surface area contributed by atoms with Gasteiger partial charge in [-0.15, -0.1) is 0 Å². The first kappa shape index (κ1) is 11.9. The van der Waals surface area contributed by atoms with Crippen LogP contribution in [-0.4, -0.2) is 4.92 Å². The summed E-state index contributed by atoms with van der Waals surface area (Å²) in [4.78, 5) is 10.2. The third-order valence-corrected chi connectivity index (χ3v) is 3.56. The zero-order valence-corrected chi connectivity index (χ0v) is 10.4. The average molecular weight is 255 g/mol. The van der Waals surface area contributed by atoms with Crippen LogP contribution in [0.25, 0.3) is 0 Å². The van der Waals surface area contributed by atoms with Crippen LogP contribution in [0.15, 0.2) is 54.6 Å². The van der Waals surface area contributed by atoms with E-state index in [1.54, 1.807) is 12.1 Å². The maximum Gasteiger partial charge on any atom is 0.269 e. The van der Waals surface area contributed by atoms with Crippen LogP contribution >= 0.6 is 0 Å². The summed E-state index contributed by atoms with van der Waals surface area (Å²) >= 11 is 0. The number of nitro groups is 1. The number of nitrogens with zero attached hydrogens (tertiary/aromatic N) is 1. The van der Waals surface area contributed by atoms with Crippen LogP contribution in [0.5, 0.6) is 0 Å². The second kappa shape index (κ2) is 4.17. The van der Waals surface area contributed by atoms with Gasteiger partial charge in [0.1, 0.15) is 11.7 Å². The first-order chi connectivity index (χ1) is 9.11. The zero-order chi connectivity index (χ0) is 13.5. The maximum absolute atomic E-state index is 10.6. The van der Waals surface area contributed by atoms with E-state index >= 15 is 0 Å². The normalized spacial score (nSPS) is 25.0. The van der Waals surface area contributed by atoms with E-state index in [1.165, 1.54) is 12.1 Å². The molecule has 0 radical (unpaired) electrons. The molecule has 0 saturated carbocycles. The van der Waals surface area contributed by atoms with Crippen molar-refractivity contribution in [2.45, 2.75) is 18.6 Å². The third-order valence-electron chi connectivity index (χ3n) is 3.56. The average Bonchev–Trinajstić information content (AvgIpc) is 3.14. The Bertz CT molecular complexity index is 609. The molecule has 0 aromatic heterocycles. The third kappa shape index (κ3) is 2.00. The number of rotatable bonds is 3. The molecular weight excluding hydrogens is 242 g/mol. The lowest BCUT2D eigenvalue weighted by molar-refractivity contribution is -0.384. The molecule has 0 spiro atoms. The Labute approximate surface area is 110 Å². The molecule has 2 atom stereocenters. The Morgan fingerprint density at radius 3 is 2.32 bits per heavy atom. The minimum atomic E-state index is -0.394. The molecular formula is C15H13NO3. The lowest BCUT2D eigenvalue weighted by Crippen LogP contribution is -2.04. The van der Waals surface area contributed by atoms with Gasteiger partial charge < -0.3 is 4.74 Å². The number of hydrogen-bond donors (Lipinski definition) is 0. The lowest BCUT2D eigenvalue weighted by atomic mass is 9.93. The van der Waals surface area contributed by atoms with E-state index < -0.39 is 4.92 Å². The molecule has 0 N–H and O–H groups in total. The van der Waals surface area contributed by atoms with Crippen molar-refractivity contribution in [2.75, 3.05) is 0 Å². The van der Waals surface area contributed by atoms with Gasteiger partial charge in [0.25, 0.3) is 5.69 Å². The molecule has 0 bridgehead atoms. The van der Waals surface area contributed by atoms with Crippen LogP contribution in [0.4, 0.5) is 5.69 Å². The zero-order valence-electron chi connectivity index (χ0n) is 10.4. The van der Waals surface area contributed by atoms with Gasteiger partial charge in [0.2, 0.25) is 0 Å². The fourth-order valence-electron chi connectivity index (χ4n) is 2.36. The Morgan fingerprint density at radius 2 is 1.74 bits per heavy atom. The monoisotopic (exact) mass is 255 g/mol. The Kier molecular flexibility index (Phi) is 2.61. The summed E-state index contributed by atoms with van der Waals surface area (Å²) in [5.74, 6) is 0. The summed E-state index contributed by atoms with van der Waals surface area (Å²) in [6.45, 7) is 2.01. The van der Waals surface area contributed by atoms with Crippen molar-refractivity contribution in [3.63, 3.8) is 0 Å². The van der Waals surface area contributed by atoms with Gasteiger partial charge in [-0.05, 0) is 30.2 Å². The number of benzene rings is 2. The van der Waals surface area contributed by atoms with Gasteiger partial charge in [-0.2, -0.15) is 0 Å². The second-order valence-electron chi connectivity index (χ2n) is 4.82. The molecule has 2 aromatic carbocycles. The molecule has 1 aliphatic heterocycles. The van der Waals surface area contributed by atoms with Crippen LogP contribution in [0.3, 0.4) is 0 Å². The summed E-state index contributed by atoms with van der Waals surface area (Å²) in [5.41, 5.74) is 1.82. The SMILES string of the molecule is CC1(c2ccc([N+](=O)[O-])cc2)OC1c1ccccc1. The lowest BCUT2D eigenvalue weighted by Gasteiger charge is -2.06. The first-order valence-electron chi connectivity index (χ1n) is 6.09. The summed E-state index contributed by atoms with van der Waals surface area (Å²) < 4.78 is 5.81. The van der Waals surface area contributed by atoms with Crippen LogP contribution in [0, 0.1) is 10.1 Å². The molecule has 4 nitrogen and oxygen atoms in total.